The van der Waals surface area contributed by atoms with Gasteiger partial charge in [-0.15, -0.1) is 0 Å². The molecule has 0 radical (unpaired) electrons. The van der Waals surface area contributed by atoms with E-state index in [1.54, 1.807) is 6.07 Å². The van der Waals surface area contributed by atoms with Gasteiger partial charge in [0.1, 0.15) is 0 Å². The zero-order valence-corrected chi connectivity index (χ0v) is 12.6. The second kappa shape index (κ2) is 5.70. The van der Waals surface area contributed by atoms with Gasteiger partial charge in [-0.2, -0.15) is 0 Å². The third kappa shape index (κ3) is 3.85. The summed E-state index contributed by atoms with van der Waals surface area (Å²) in [7, 11) is 0. The maximum atomic E-state index is 12.0. The molecule has 0 aromatic heterocycles. The van der Waals surface area contributed by atoms with Crippen LogP contribution in [0.3, 0.4) is 0 Å². The van der Waals surface area contributed by atoms with Crippen molar-refractivity contribution in [2.24, 2.45) is 5.92 Å². The van der Waals surface area contributed by atoms with Gasteiger partial charge in [0.15, 0.2) is 0 Å². The van der Waals surface area contributed by atoms with Crippen molar-refractivity contribution in [3.8, 4) is 0 Å². The number of halogens is 2. The van der Waals surface area contributed by atoms with Crippen LogP contribution >= 0.6 is 23.2 Å². The van der Waals surface area contributed by atoms with Crippen LogP contribution < -0.4 is 10.6 Å². The molecule has 3 nitrogen and oxygen atoms in total. The molecule has 1 saturated heterocycles. The second-order valence-electron chi connectivity index (χ2n) is 5.64. The Labute approximate surface area is 123 Å². The second-order valence-corrected chi connectivity index (χ2v) is 6.48. The van der Waals surface area contributed by atoms with Crippen LogP contribution in [-0.4, -0.2) is 24.5 Å². The summed E-state index contributed by atoms with van der Waals surface area (Å²) in [5.74, 6) is 0.203. The monoisotopic (exact) mass is 300 g/mol. The van der Waals surface area contributed by atoms with Gasteiger partial charge < -0.3 is 10.6 Å². The van der Waals surface area contributed by atoms with Crippen molar-refractivity contribution in [1.82, 2.24) is 10.6 Å². The first kappa shape index (κ1) is 14.6. The smallest absolute Gasteiger partial charge is 0.226 e. The summed E-state index contributed by atoms with van der Waals surface area (Å²) in [4.78, 5) is 12.0. The van der Waals surface area contributed by atoms with Gasteiger partial charge in [-0.3, -0.25) is 4.79 Å². The normalized spacial score (nSPS) is 16.0. The molecule has 1 heterocycles. The molecule has 19 heavy (non-hydrogen) atoms. The fourth-order valence-corrected chi connectivity index (χ4v) is 2.57. The van der Waals surface area contributed by atoms with Crippen LogP contribution in [0, 0.1) is 5.92 Å². The molecule has 1 aromatic rings. The summed E-state index contributed by atoms with van der Waals surface area (Å²) >= 11 is 12.0. The van der Waals surface area contributed by atoms with Crippen LogP contribution in [0.1, 0.15) is 19.4 Å². The Balaban J connectivity index is 2.01. The van der Waals surface area contributed by atoms with Gasteiger partial charge in [0.05, 0.1) is 5.92 Å². The lowest BCUT2D eigenvalue weighted by Gasteiger charge is -2.32. The topological polar surface area (TPSA) is 41.1 Å². The van der Waals surface area contributed by atoms with E-state index in [-0.39, 0.29) is 17.4 Å². The van der Waals surface area contributed by atoms with E-state index in [1.165, 1.54) is 0 Å². The van der Waals surface area contributed by atoms with E-state index in [2.05, 4.69) is 10.6 Å². The quantitative estimate of drug-likeness (QED) is 0.897. The van der Waals surface area contributed by atoms with Crippen molar-refractivity contribution in [3.05, 3.63) is 33.8 Å². The van der Waals surface area contributed by atoms with Crippen LogP contribution in [0.25, 0.3) is 0 Å². The van der Waals surface area contributed by atoms with E-state index < -0.39 is 0 Å². The first-order valence-corrected chi connectivity index (χ1v) is 7.10. The van der Waals surface area contributed by atoms with E-state index in [1.807, 2.05) is 26.0 Å². The number of amides is 1. The summed E-state index contributed by atoms with van der Waals surface area (Å²) in [6.07, 6.45) is 0.675. The van der Waals surface area contributed by atoms with Gasteiger partial charge in [-0.05, 0) is 38.0 Å². The highest BCUT2D eigenvalue weighted by atomic mass is 35.5. The Morgan fingerprint density at radius 1 is 1.42 bits per heavy atom. The number of nitrogens with one attached hydrogen (secondary N) is 2. The number of carbonyl (C=O) groups is 1. The van der Waals surface area contributed by atoms with Gasteiger partial charge in [0.25, 0.3) is 0 Å². The highest BCUT2D eigenvalue weighted by Crippen LogP contribution is 2.24. The molecule has 0 bridgehead atoms. The minimum atomic E-state index is -0.329. The number of benzene rings is 1. The molecule has 0 spiro atoms. The molecule has 2 N–H and O–H groups in total. The molecule has 5 heteroatoms. The van der Waals surface area contributed by atoms with E-state index >= 15 is 0 Å². The number of hydrogen-bond donors (Lipinski definition) is 2. The fraction of sp³-hybridized carbons (Fsp3) is 0.500. The number of rotatable bonds is 4. The van der Waals surface area contributed by atoms with Crippen LogP contribution in [-0.2, 0) is 11.2 Å². The highest BCUT2D eigenvalue weighted by Gasteiger charge is 2.29. The van der Waals surface area contributed by atoms with E-state index in [0.717, 1.165) is 18.7 Å². The highest BCUT2D eigenvalue weighted by molar-refractivity contribution is 6.35. The van der Waals surface area contributed by atoms with E-state index in [9.17, 15) is 4.79 Å². The van der Waals surface area contributed by atoms with Crippen molar-refractivity contribution >= 4 is 29.1 Å². The third-order valence-electron chi connectivity index (χ3n) is 3.26. The summed E-state index contributed by atoms with van der Waals surface area (Å²) in [6, 6.07) is 5.45. The van der Waals surface area contributed by atoms with Gasteiger partial charge in [0, 0.05) is 28.7 Å². The standard InChI is InChI=1S/C14H18Cl2N2O/c1-14(2,18-13(19)10-7-17-8-10)6-9-3-4-11(15)5-12(9)16/h3-5,10,17H,6-8H2,1-2H3,(H,18,19). The average molecular weight is 301 g/mol. The predicted octanol–water partition coefficient (Wildman–Crippen LogP) is 2.65. The fourth-order valence-electron chi connectivity index (χ4n) is 2.10. The Kier molecular flexibility index (Phi) is 4.39. The average Bonchev–Trinajstić information content (AvgIpc) is 2.18. The van der Waals surface area contributed by atoms with Gasteiger partial charge in [-0.25, -0.2) is 0 Å². The van der Waals surface area contributed by atoms with E-state index in [4.69, 9.17) is 23.2 Å². The minimum Gasteiger partial charge on any atom is -0.351 e. The molecular formula is C14H18Cl2N2O. The molecule has 1 aliphatic rings. The van der Waals surface area contributed by atoms with Crippen LogP contribution in [0.2, 0.25) is 10.0 Å². The number of carbonyl (C=O) groups excluding carboxylic acids is 1. The maximum Gasteiger partial charge on any atom is 0.226 e. The molecule has 1 fully saturated rings. The Bertz CT molecular complexity index is 484. The molecule has 104 valence electrons. The van der Waals surface area contributed by atoms with Crippen molar-refractivity contribution in [2.45, 2.75) is 25.8 Å². The maximum absolute atomic E-state index is 12.0. The zero-order valence-electron chi connectivity index (χ0n) is 11.1. The molecule has 1 aliphatic heterocycles. The Hall–Kier alpha value is -0.770. The van der Waals surface area contributed by atoms with Gasteiger partial charge >= 0.3 is 0 Å². The third-order valence-corrected chi connectivity index (χ3v) is 3.85. The minimum absolute atomic E-state index is 0.0972. The molecule has 1 aromatic carbocycles. The largest absolute Gasteiger partial charge is 0.351 e. The molecular weight excluding hydrogens is 283 g/mol. The summed E-state index contributed by atoms with van der Waals surface area (Å²) < 4.78 is 0. The van der Waals surface area contributed by atoms with E-state index in [0.29, 0.717) is 16.5 Å². The van der Waals surface area contributed by atoms with Crippen LogP contribution in [0.15, 0.2) is 18.2 Å². The van der Waals surface area contributed by atoms with Crippen LogP contribution in [0.4, 0.5) is 0 Å². The van der Waals surface area contributed by atoms with Gasteiger partial charge in [0.2, 0.25) is 5.91 Å². The molecule has 2 rings (SSSR count). The van der Waals surface area contributed by atoms with Gasteiger partial charge in [-0.1, -0.05) is 29.3 Å². The van der Waals surface area contributed by atoms with Crippen molar-refractivity contribution in [3.63, 3.8) is 0 Å². The molecule has 0 aliphatic carbocycles. The van der Waals surface area contributed by atoms with Crippen LogP contribution in [0.5, 0.6) is 0 Å². The Morgan fingerprint density at radius 3 is 2.63 bits per heavy atom. The molecule has 0 saturated carbocycles. The molecule has 0 atom stereocenters. The Morgan fingerprint density at radius 2 is 2.11 bits per heavy atom. The number of hydrogen-bond acceptors (Lipinski definition) is 2. The lowest BCUT2D eigenvalue weighted by Crippen LogP contribution is -2.55. The van der Waals surface area contributed by atoms with Crippen molar-refractivity contribution < 1.29 is 4.79 Å². The first-order valence-electron chi connectivity index (χ1n) is 6.34. The molecule has 0 unspecified atom stereocenters. The first-order chi connectivity index (χ1) is 8.87. The SMILES string of the molecule is CC(C)(Cc1ccc(Cl)cc1Cl)NC(=O)C1CNC1. The summed E-state index contributed by atoms with van der Waals surface area (Å²) in [6.45, 7) is 5.54. The molecule has 1 amide bonds. The van der Waals surface area contributed by atoms with Crippen molar-refractivity contribution in [1.29, 1.82) is 0 Å². The summed E-state index contributed by atoms with van der Waals surface area (Å²) in [5, 5.41) is 7.43. The summed E-state index contributed by atoms with van der Waals surface area (Å²) in [5.41, 5.74) is 0.660. The van der Waals surface area contributed by atoms with Crippen molar-refractivity contribution in [2.75, 3.05) is 13.1 Å². The lowest BCUT2D eigenvalue weighted by molar-refractivity contribution is -0.128. The zero-order chi connectivity index (χ0) is 14.0. The predicted molar refractivity (Wildman–Crippen MR) is 78.7 cm³/mol. The lowest BCUT2D eigenvalue weighted by atomic mass is 9.93.